The number of fused-ring (bicyclic) bond motifs is 1. The van der Waals surface area contributed by atoms with E-state index in [1.807, 2.05) is 0 Å². The number of hydrogen-bond donors (Lipinski definition) is 9. The van der Waals surface area contributed by atoms with Gasteiger partial charge in [0.05, 0.1) is 12.7 Å². The number of phenols is 3. The minimum absolute atomic E-state index is 0.0107. The van der Waals surface area contributed by atoms with Crippen molar-refractivity contribution >= 4 is 11.0 Å². The third-order valence-corrected chi connectivity index (χ3v) is 7.24. The standard InChI is InChI=1S/C27H30O15/c1-9-25(42-27-23(36)21(34)19(32)16(8-28)41-27)22(35)24(37)26(38-9)40-15-7-14-17(20(33)18(15)31)12(30)6-13(39-14)10-2-4-11(29)5-3-10/h2-7,9,16,19,21-29,31-37H,8H2,1H3/t9-,16?,19+,21-,22?,23?,24?,25-,26-,27-/m0/s1. The first-order valence-electron chi connectivity index (χ1n) is 12.9. The maximum absolute atomic E-state index is 12.7. The van der Waals surface area contributed by atoms with Crippen molar-refractivity contribution in [3.05, 3.63) is 46.6 Å². The average Bonchev–Trinajstić information content (AvgIpc) is 2.96. The van der Waals surface area contributed by atoms with Gasteiger partial charge >= 0.3 is 0 Å². The fourth-order valence-corrected chi connectivity index (χ4v) is 4.88. The van der Waals surface area contributed by atoms with Gasteiger partial charge in [0.15, 0.2) is 23.2 Å². The Balaban J connectivity index is 1.38. The first-order chi connectivity index (χ1) is 19.9. The SMILES string of the molecule is C[C@@H]1O[C@@H](Oc2cc3oc(-c4ccc(O)cc4)cc(=O)c3c(O)c2O)C(O)C(O)[C@H]1O[C@@H]1OC(CO)[C@@H](O)[C@H](O)C1O. The Kier molecular flexibility index (Phi) is 8.30. The minimum atomic E-state index is -1.84. The monoisotopic (exact) mass is 594 g/mol. The molecule has 228 valence electrons. The molecule has 0 radical (unpaired) electrons. The molecule has 4 unspecified atom stereocenters. The highest BCUT2D eigenvalue weighted by molar-refractivity contribution is 5.89. The highest BCUT2D eigenvalue weighted by Gasteiger charge is 2.50. The van der Waals surface area contributed by atoms with E-state index in [1.54, 1.807) is 0 Å². The molecule has 42 heavy (non-hydrogen) atoms. The first-order valence-corrected chi connectivity index (χ1v) is 12.9. The van der Waals surface area contributed by atoms with Gasteiger partial charge in [-0.05, 0) is 31.2 Å². The van der Waals surface area contributed by atoms with Crippen molar-refractivity contribution in [3.63, 3.8) is 0 Å². The van der Waals surface area contributed by atoms with Crippen LogP contribution >= 0.6 is 0 Å². The van der Waals surface area contributed by atoms with Crippen molar-refractivity contribution in [3.8, 4) is 34.3 Å². The molecule has 2 aliphatic heterocycles. The Morgan fingerprint density at radius 2 is 1.48 bits per heavy atom. The molecule has 9 N–H and O–H groups in total. The zero-order valence-corrected chi connectivity index (χ0v) is 21.9. The van der Waals surface area contributed by atoms with Crippen LogP contribution in [0.3, 0.4) is 0 Å². The number of benzene rings is 2. The Morgan fingerprint density at radius 3 is 2.14 bits per heavy atom. The summed E-state index contributed by atoms with van der Waals surface area (Å²) in [4.78, 5) is 12.7. The van der Waals surface area contributed by atoms with Crippen molar-refractivity contribution in [2.24, 2.45) is 0 Å². The van der Waals surface area contributed by atoms with E-state index in [2.05, 4.69) is 0 Å². The van der Waals surface area contributed by atoms with Gasteiger partial charge in [0.1, 0.15) is 65.2 Å². The molecular formula is C27H30O15. The van der Waals surface area contributed by atoms with Gasteiger partial charge < -0.3 is 69.3 Å². The summed E-state index contributed by atoms with van der Waals surface area (Å²) in [5, 5.41) is 91.5. The third-order valence-electron chi connectivity index (χ3n) is 7.24. The number of aliphatic hydroxyl groups is 6. The predicted octanol–water partition coefficient (Wildman–Crippen LogP) is -1.39. The van der Waals surface area contributed by atoms with Crippen LogP contribution < -0.4 is 10.2 Å². The quantitative estimate of drug-likeness (QED) is 0.149. The van der Waals surface area contributed by atoms with Crippen LogP contribution in [0.1, 0.15) is 6.92 Å². The van der Waals surface area contributed by atoms with Crippen molar-refractivity contribution in [1.29, 1.82) is 0 Å². The maximum Gasteiger partial charge on any atom is 0.229 e. The summed E-state index contributed by atoms with van der Waals surface area (Å²) in [5.74, 6) is -2.14. The molecule has 3 aromatic rings. The summed E-state index contributed by atoms with van der Waals surface area (Å²) >= 11 is 0. The van der Waals surface area contributed by atoms with E-state index in [0.717, 1.165) is 12.1 Å². The van der Waals surface area contributed by atoms with E-state index in [-0.39, 0.29) is 22.5 Å². The second-order valence-corrected chi connectivity index (χ2v) is 10.1. The first kappa shape index (κ1) is 30.0. The number of phenolic OH excluding ortho intramolecular Hbond substituents is 3. The molecule has 0 saturated carbocycles. The minimum Gasteiger partial charge on any atom is -0.508 e. The fraction of sp³-hybridized carbons (Fsp3) is 0.444. The van der Waals surface area contributed by atoms with Gasteiger partial charge in [0.25, 0.3) is 0 Å². The number of ether oxygens (including phenoxy) is 4. The lowest BCUT2D eigenvalue weighted by Crippen LogP contribution is -2.64. The molecule has 3 heterocycles. The molecule has 10 atom stereocenters. The van der Waals surface area contributed by atoms with Gasteiger partial charge in [-0.1, -0.05) is 0 Å². The zero-order chi connectivity index (χ0) is 30.5. The maximum atomic E-state index is 12.7. The van der Waals surface area contributed by atoms with Gasteiger partial charge in [0.2, 0.25) is 12.0 Å². The van der Waals surface area contributed by atoms with Crippen LogP contribution in [0.2, 0.25) is 0 Å². The molecule has 15 nitrogen and oxygen atoms in total. The smallest absolute Gasteiger partial charge is 0.229 e. The number of rotatable bonds is 6. The van der Waals surface area contributed by atoms with Gasteiger partial charge in [-0.25, -0.2) is 0 Å². The van der Waals surface area contributed by atoms with Crippen molar-refractivity contribution in [1.82, 2.24) is 0 Å². The van der Waals surface area contributed by atoms with Crippen LogP contribution in [0.15, 0.2) is 45.6 Å². The van der Waals surface area contributed by atoms with Crippen molar-refractivity contribution in [2.45, 2.75) is 68.3 Å². The summed E-state index contributed by atoms with van der Waals surface area (Å²) in [5.41, 5.74) is -0.460. The summed E-state index contributed by atoms with van der Waals surface area (Å²) < 4.78 is 27.8. The highest BCUT2D eigenvalue weighted by atomic mass is 16.7. The van der Waals surface area contributed by atoms with Crippen LogP contribution in [0.5, 0.6) is 23.0 Å². The predicted molar refractivity (Wildman–Crippen MR) is 139 cm³/mol. The lowest BCUT2D eigenvalue weighted by atomic mass is 9.97. The van der Waals surface area contributed by atoms with E-state index in [9.17, 15) is 50.8 Å². The summed E-state index contributed by atoms with van der Waals surface area (Å²) in [6.45, 7) is 0.710. The summed E-state index contributed by atoms with van der Waals surface area (Å²) in [6.07, 6.45) is -15.7. The number of aromatic hydroxyl groups is 3. The zero-order valence-electron chi connectivity index (χ0n) is 21.9. The average molecular weight is 595 g/mol. The van der Waals surface area contributed by atoms with E-state index >= 15 is 0 Å². The molecule has 2 saturated heterocycles. The Hall–Kier alpha value is -3.51. The lowest BCUT2D eigenvalue weighted by Gasteiger charge is -2.45. The van der Waals surface area contributed by atoms with E-state index in [0.29, 0.717) is 5.56 Å². The molecule has 0 aliphatic carbocycles. The molecular weight excluding hydrogens is 564 g/mol. The molecule has 15 heteroatoms. The van der Waals surface area contributed by atoms with Crippen molar-refractivity contribution in [2.75, 3.05) is 6.61 Å². The normalized spacial score (nSPS) is 33.5. The molecule has 2 aliphatic rings. The highest BCUT2D eigenvalue weighted by Crippen LogP contribution is 2.43. The van der Waals surface area contributed by atoms with Crippen LogP contribution in [-0.4, -0.2) is 114 Å². The van der Waals surface area contributed by atoms with E-state index in [1.165, 1.54) is 31.2 Å². The van der Waals surface area contributed by atoms with Gasteiger partial charge in [-0.2, -0.15) is 0 Å². The molecule has 2 aromatic carbocycles. The second kappa shape index (κ2) is 11.6. The molecule has 1 aromatic heterocycles. The van der Waals surface area contributed by atoms with Gasteiger partial charge in [0, 0.05) is 17.7 Å². The fourth-order valence-electron chi connectivity index (χ4n) is 4.88. The van der Waals surface area contributed by atoms with Crippen molar-refractivity contribution < 1.29 is 69.3 Å². The van der Waals surface area contributed by atoms with Crippen LogP contribution in [-0.2, 0) is 14.2 Å². The Morgan fingerprint density at radius 1 is 0.810 bits per heavy atom. The van der Waals surface area contributed by atoms with E-state index in [4.69, 9.17) is 23.4 Å². The number of aliphatic hydroxyl groups excluding tert-OH is 6. The van der Waals surface area contributed by atoms with Crippen LogP contribution in [0, 0.1) is 0 Å². The molecule has 2 fully saturated rings. The summed E-state index contributed by atoms with van der Waals surface area (Å²) in [7, 11) is 0. The molecule has 0 amide bonds. The Labute approximate surface area is 236 Å². The summed E-state index contributed by atoms with van der Waals surface area (Å²) in [6, 6.07) is 7.93. The number of hydrogen-bond acceptors (Lipinski definition) is 15. The molecule has 0 bridgehead atoms. The van der Waals surface area contributed by atoms with Crippen LogP contribution in [0.25, 0.3) is 22.3 Å². The van der Waals surface area contributed by atoms with E-state index < -0.39 is 90.7 Å². The topological polar surface area (TPSA) is 249 Å². The lowest BCUT2D eigenvalue weighted by molar-refractivity contribution is -0.348. The van der Waals surface area contributed by atoms with Crippen LogP contribution in [0.4, 0.5) is 0 Å². The van der Waals surface area contributed by atoms with Gasteiger partial charge in [-0.3, -0.25) is 4.79 Å². The van der Waals surface area contributed by atoms with Gasteiger partial charge in [-0.15, -0.1) is 0 Å². The molecule has 0 spiro atoms. The largest absolute Gasteiger partial charge is 0.508 e. The molecule has 5 rings (SSSR count). The second-order valence-electron chi connectivity index (χ2n) is 10.1. The Bertz CT molecular complexity index is 1470. The third kappa shape index (κ3) is 5.37.